The number of methoxy groups -OCH3 is 1. The molecule has 0 aliphatic rings. The monoisotopic (exact) mass is 287 g/mol. The summed E-state index contributed by atoms with van der Waals surface area (Å²) in [6.07, 6.45) is 1.76. The second kappa shape index (κ2) is 7.23. The molecule has 112 valence electrons. The summed E-state index contributed by atoms with van der Waals surface area (Å²) < 4.78 is 18.5. The number of benzene rings is 2. The number of halogens is 1. The average Bonchev–Trinajstić information content (AvgIpc) is 2.53. The van der Waals surface area contributed by atoms with E-state index in [1.54, 1.807) is 7.11 Å². The third-order valence-electron chi connectivity index (χ3n) is 3.82. The molecule has 2 aromatic rings. The van der Waals surface area contributed by atoms with Gasteiger partial charge in [0.1, 0.15) is 11.6 Å². The van der Waals surface area contributed by atoms with E-state index in [2.05, 4.69) is 19.1 Å². The Balaban J connectivity index is 2.29. The molecular weight excluding hydrogens is 265 g/mol. The van der Waals surface area contributed by atoms with Gasteiger partial charge in [-0.2, -0.15) is 0 Å². The number of hydrogen-bond acceptors (Lipinski definition) is 2. The maximum Gasteiger partial charge on any atom is 0.123 e. The molecule has 0 saturated heterocycles. The standard InChI is InChI=1S/C18H22FNO/c1-3-13-6-9-18(21-2)17(11-13)15(12-20)10-14-4-7-16(19)8-5-14/h4-9,11,15H,3,10,12,20H2,1-2H3. The SMILES string of the molecule is CCc1ccc(OC)c(C(CN)Cc2ccc(F)cc2)c1. The highest BCUT2D eigenvalue weighted by Crippen LogP contribution is 2.30. The zero-order valence-corrected chi connectivity index (χ0v) is 12.6. The highest BCUT2D eigenvalue weighted by atomic mass is 19.1. The molecule has 0 aromatic heterocycles. The van der Waals surface area contributed by atoms with Crippen LogP contribution in [0.25, 0.3) is 0 Å². The van der Waals surface area contributed by atoms with E-state index >= 15 is 0 Å². The van der Waals surface area contributed by atoms with E-state index in [-0.39, 0.29) is 11.7 Å². The van der Waals surface area contributed by atoms with Crippen LogP contribution in [0, 0.1) is 5.82 Å². The average molecular weight is 287 g/mol. The van der Waals surface area contributed by atoms with Crippen LogP contribution in [0.2, 0.25) is 0 Å². The fourth-order valence-electron chi connectivity index (χ4n) is 2.55. The van der Waals surface area contributed by atoms with Gasteiger partial charge in [0.15, 0.2) is 0 Å². The molecule has 0 amide bonds. The van der Waals surface area contributed by atoms with Crippen molar-refractivity contribution in [3.8, 4) is 5.75 Å². The molecule has 21 heavy (non-hydrogen) atoms. The van der Waals surface area contributed by atoms with Crippen LogP contribution < -0.4 is 10.5 Å². The van der Waals surface area contributed by atoms with Gasteiger partial charge in [-0.05, 0) is 54.3 Å². The van der Waals surface area contributed by atoms with Gasteiger partial charge in [0.2, 0.25) is 0 Å². The van der Waals surface area contributed by atoms with Crippen molar-refractivity contribution in [3.63, 3.8) is 0 Å². The summed E-state index contributed by atoms with van der Waals surface area (Å²) >= 11 is 0. The quantitative estimate of drug-likeness (QED) is 0.879. The minimum Gasteiger partial charge on any atom is -0.496 e. The van der Waals surface area contributed by atoms with Crippen LogP contribution in [-0.2, 0) is 12.8 Å². The van der Waals surface area contributed by atoms with Gasteiger partial charge in [-0.1, -0.05) is 31.2 Å². The molecule has 2 nitrogen and oxygen atoms in total. The second-order valence-corrected chi connectivity index (χ2v) is 5.19. The Morgan fingerprint density at radius 1 is 1.10 bits per heavy atom. The Morgan fingerprint density at radius 3 is 2.33 bits per heavy atom. The fraction of sp³-hybridized carbons (Fsp3) is 0.333. The molecule has 2 aromatic carbocycles. The van der Waals surface area contributed by atoms with Gasteiger partial charge in [0.05, 0.1) is 7.11 Å². The highest BCUT2D eigenvalue weighted by molar-refractivity contribution is 5.41. The molecule has 0 saturated carbocycles. The molecule has 0 aliphatic carbocycles. The smallest absolute Gasteiger partial charge is 0.123 e. The Hall–Kier alpha value is -1.87. The van der Waals surface area contributed by atoms with Gasteiger partial charge < -0.3 is 10.5 Å². The van der Waals surface area contributed by atoms with Gasteiger partial charge in [-0.15, -0.1) is 0 Å². The molecule has 2 N–H and O–H groups in total. The molecule has 3 heteroatoms. The highest BCUT2D eigenvalue weighted by Gasteiger charge is 2.16. The lowest BCUT2D eigenvalue weighted by molar-refractivity contribution is 0.405. The lowest BCUT2D eigenvalue weighted by atomic mass is 9.90. The van der Waals surface area contributed by atoms with Gasteiger partial charge in [-0.3, -0.25) is 0 Å². The van der Waals surface area contributed by atoms with Crippen molar-refractivity contribution in [2.24, 2.45) is 5.73 Å². The first-order chi connectivity index (χ1) is 10.2. The molecule has 0 radical (unpaired) electrons. The molecule has 0 spiro atoms. The van der Waals surface area contributed by atoms with Crippen LogP contribution in [0.1, 0.15) is 29.5 Å². The third-order valence-corrected chi connectivity index (χ3v) is 3.82. The zero-order chi connectivity index (χ0) is 15.2. The molecule has 0 aliphatic heterocycles. The van der Waals surface area contributed by atoms with E-state index in [1.165, 1.54) is 17.7 Å². The number of hydrogen-bond donors (Lipinski definition) is 1. The summed E-state index contributed by atoms with van der Waals surface area (Å²) in [5, 5.41) is 0. The molecule has 0 bridgehead atoms. The van der Waals surface area contributed by atoms with E-state index in [4.69, 9.17) is 10.5 Å². The molecule has 1 unspecified atom stereocenters. The summed E-state index contributed by atoms with van der Waals surface area (Å²) in [7, 11) is 1.68. The molecular formula is C18H22FNO. The summed E-state index contributed by atoms with van der Waals surface area (Å²) in [4.78, 5) is 0. The predicted octanol–water partition coefficient (Wildman–Crippen LogP) is 3.68. The van der Waals surface area contributed by atoms with E-state index in [1.807, 2.05) is 18.2 Å². The number of nitrogens with two attached hydrogens (primary N) is 1. The zero-order valence-electron chi connectivity index (χ0n) is 12.6. The van der Waals surface area contributed by atoms with Crippen LogP contribution in [0.4, 0.5) is 4.39 Å². The maximum atomic E-state index is 13.0. The van der Waals surface area contributed by atoms with Crippen LogP contribution in [0.3, 0.4) is 0 Å². The van der Waals surface area contributed by atoms with Gasteiger partial charge in [0, 0.05) is 5.92 Å². The Kier molecular flexibility index (Phi) is 5.34. The predicted molar refractivity (Wildman–Crippen MR) is 84.3 cm³/mol. The van der Waals surface area contributed by atoms with Crippen molar-refractivity contribution in [2.75, 3.05) is 13.7 Å². The Bertz CT molecular complexity index is 580. The lowest BCUT2D eigenvalue weighted by Gasteiger charge is -2.19. The first kappa shape index (κ1) is 15.5. The minimum atomic E-state index is -0.214. The normalized spacial score (nSPS) is 12.2. The second-order valence-electron chi connectivity index (χ2n) is 5.19. The van der Waals surface area contributed by atoms with E-state index < -0.39 is 0 Å². The van der Waals surface area contributed by atoms with Gasteiger partial charge >= 0.3 is 0 Å². The van der Waals surface area contributed by atoms with E-state index in [0.29, 0.717) is 6.54 Å². The molecule has 0 heterocycles. The largest absolute Gasteiger partial charge is 0.496 e. The fourth-order valence-corrected chi connectivity index (χ4v) is 2.55. The molecule has 2 rings (SSSR count). The first-order valence-electron chi connectivity index (χ1n) is 7.29. The van der Waals surface area contributed by atoms with Crippen molar-refractivity contribution >= 4 is 0 Å². The summed E-state index contributed by atoms with van der Waals surface area (Å²) in [6, 6.07) is 12.8. The van der Waals surface area contributed by atoms with Crippen molar-refractivity contribution in [2.45, 2.75) is 25.7 Å². The van der Waals surface area contributed by atoms with Crippen molar-refractivity contribution in [3.05, 3.63) is 65.0 Å². The Labute approximate surface area is 125 Å². The number of rotatable bonds is 6. The summed E-state index contributed by atoms with van der Waals surface area (Å²) in [5.41, 5.74) is 9.44. The van der Waals surface area contributed by atoms with E-state index in [9.17, 15) is 4.39 Å². The van der Waals surface area contributed by atoms with Gasteiger partial charge in [0.25, 0.3) is 0 Å². The van der Waals surface area contributed by atoms with Crippen LogP contribution in [-0.4, -0.2) is 13.7 Å². The molecule has 0 fully saturated rings. The number of ether oxygens (including phenoxy) is 1. The van der Waals surface area contributed by atoms with Crippen molar-refractivity contribution in [1.82, 2.24) is 0 Å². The van der Waals surface area contributed by atoms with Crippen LogP contribution >= 0.6 is 0 Å². The lowest BCUT2D eigenvalue weighted by Crippen LogP contribution is -2.16. The number of aryl methyl sites for hydroxylation is 1. The van der Waals surface area contributed by atoms with Crippen LogP contribution in [0.5, 0.6) is 5.75 Å². The first-order valence-corrected chi connectivity index (χ1v) is 7.29. The van der Waals surface area contributed by atoms with Crippen LogP contribution in [0.15, 0.2) is 42.5 Å². The maximum absolute atomic E-state index is 13.0. The topological polar surface area (TPSA) is 35.2 Å². The van der Waals surface area contributed by atoms with Crippen molar-refractivity contribution < 1.29 is 9.13 Å². The van der Waals surface area contributed by atoms with Crippen molar-refractivity contribution in [1.29, 1.82) is 0 Å². The summed E-state index contributed by atoms with van der Waals surface area (Å²) in [5.74, 6) is 0.815. The minimum absolute atomic E-state index is 0.164. The molecule has 1 atom stereocenters. The third kappa shape index (κ3) is 3.82. The Morgan fingerprint density at radius 2 is 1.76 bits per heavy atom. The van der Waals surface area contributed by atoms with E-state index in [0.717, 1.165) is 29.7 Å². The van der Waals surface area contributed by atoms with Gasteiger partial charge in [-0.25, -0.2) is 4.39 Å². The summed E-state index contributed by atoms with van der Waals surface area (Å²) in [6.45, 7) is 2.66.